The molecule has 1 saturated heterocycles. The summed E-state index contributed by atoms with van der Waals surface area (Å²) < 4.78 is 96.2. The van der Waals surface area contributed by atoms with Gasteiger partial charge in [-0.15, -0.1) is 0 Å². The normalized spacial score (nSPS) is 19.6. The third kappa shape index (κ3) is 5.64. The summed E-state index contributed by atoms with van der Waals surface area (Å²) in [4.78, 5) is 25.5. The number of hydrogen-bond acceptors (Lipinski definition) is 6. The van der Waals surface area contributed by atoms with E-state index in [0.717, 1.165) is 17.3 Å². The zero-order valence-corrected chi connectivity index (χ0v) is 19.4. The van der Waals surface area contributed by atoms with Crippen LogP contribution >= 0.6 is 0 Å². The molecule has 1 aliphatic rings. The van der Waals surface area contributed by atoms with Crippen LogP contribution in [0.4, 0.5) is 36.6 Å². The minimum atomic E-state index is -4.80. The maximum atomic E-state index is 14.5. The van der Waals surface area contributed by atoms with Crippen molar-refractivity contribution in [3.8, 4) is 11.4 Å². The summed E-state index contributed by atoms with van der Waals surface area (Å²) in [5, 5.41) is 6.59. The third-order valence-electron chi connectivity index (χ3n) is 5.88. The Balaban J connectivity index is 1.63. The van der Waals surface area contributed by atoms with Gasteiger partial charge >= 0.3 is 6.18 Å². The van der Waals surface area contributed by atoms with Gasteiger partial charge in [-0.3, -0.25) is 9.48 Å². The molecule has 4 rings (SSSR count). The Labute approximate surface area is 205 Å². The third-order valence-corrected chi connectivity index (χ3v) is 5.88. The van der Waals surface area contributed by atoms with Crippen LogP contribution in [0.5, 0.6) is 0 Å². The lowest BCUT2D eigenvalue weighted by Crippen LogP contribution is -2.57. The lowest BCUT2D eigenvalue weighted by molar-refractivity contribution is -0.138. The van der Waals surface area contributed by atoms with Crippen molar-refractivity contribution in [3.05, 3.63) is 53.7 Å². The number of pyridine rings is 1. The zero-order valence-electron chi connectivity index (χ0n) is 19.4. The van der Waals surface area contributed by atoms with E-state index in [1.165, 1.54) is 24.9 Å². The van der Waals surface area contributed by atoms with E-state index in [9.17, 15) is 35.5 Å². The van der Waals surface area contributed by atoms with Gasteiger partial charge in [0.25, 0.3) is 11.8 Å². The van der Waals surface area contributed by atoms with E-state index in [4.69, 9.17) is 0 Å². The molecule has 198 valence electrons. The Hall–Kier alpha value is -3.78. The molecule has 3 aromatic rings. The van der Waals surface area contributed by atoms with Gasteiger partial charge in [0, 0.05) is 32.4 Å². The average Bonchev–Trinajstić information content (AvgIpc) is 3.19. The number of piperidine rings is 1. The van der Waals surface area contributed by atoms with Crippen LogP contribution in [0.2, 0.25) is 0 Å². The van der Waals surface area contributed by atoms with Gasteiger partial charge < -0.3 is 10.2 Å². The molecule has 1 unspecified atom stereocenters. The van der Waals surface area contributed by atoms with Gasteiger partial charge in [0.15, 0.2) is 29.0 Å². The number of amides is 1. The number of carbonyl (C=O) groups excluding carboxylic acids is 1. The summed E-state index contributed by atoms with van der Waals surface area (Å²) in [5.41, 5.74) is -1.47. The first-order valence-corrected chi connectivity index (χ1v) is 10.9. The van der Waals surface area contributed by atoms with E-state index in [2.05, 4.69) is 25.4 Å². The molecule has 1 amide bonds. The van der Waals surface area contributed by atoms with Crippen LogP contribution in [0.25, 0.3) is 11.4 Å². The Bertz CT molecular complexity index is 1290. The number of carbonyl (C=O) groups is 1. The summed E-state index contributed by atoms with van der Waals surface area (Å²) in [6.45, 7) is 0.206. The number of likely N-dealkylation sites (tertiary alicyclic amines) is 1. The predicted octanol–water partition coefficient (Wildman–Crippen LogP) is 4.17. The number of aromatic nitrogens is 5. The van der Waals surface area contributed by atoms with Gasteiger partial charge in [-0.05, 0) is 12.0 Å². The van der Waals surface area contributed by atoms with Crippen molar-refractivity contribution in [2.45, 2.75) is 31.5 Å². The predicted molar refractivity (Wildman–Crippen MR) is 115 cm³/mol. The molecule has 8 nitrogen and oxygen atoms in total. The summed E-state index contributed by atoms with van der Waals surface area (Å²) in [7, 11) is 1.48. The fourth-order valence-electron chi connectivity index (χ4n) is 4.20. The van der Waals surface area contributed by atoms with Crippen molar-refractivity contribution in [2.75, 3.05) is 18.4 Å². The molecular formula is C22H20F7N7O. The second-order valence-electron chi connectivity index (χ2n) is 8.76. The number of alkyl halides is 5. The van der Waals surface area contributed by atoms with Crippen molar-refractivity contribution in [1.29, 1.82) is 0 Å². The fraction of sp³-hybridized carbons (Fsp3) is 0.409. The molecule has 0 aromatic carbocycles. The zero-order chi connectivity index (χ0) is 27.1. The summed E-state index contributed by atoms with van der Waals surface area (Å²) in [6, 6.07) is -0.667. The largest absolute Gasteiger partial charge is 0.417 e. The highest BCUT2D eigenvalue weighted by Crippen LogP contribution is 2.36. The van der Waals surface area contributed by atoms with E-state index >= 15 is 0 Å². The molecular weight excluding hydrogens is 511 g/mol. The number of hydrogen-bond donors (Lipinski definition) is 1. The Morgan fingerprint density at radius 2 is 1.84 bits per heavy atom. The van der Waals surface area contributed by atoms with E-state index in [1.54, 1.807) is 0 Å². The van der Waals surface area contributed by atoms with Crippen molar-refractivity contribution < 1.29 is 35.5 Å². The average molecular weight is 531 g/mol. The minimum absolute atomic E-state index is 0.0552. The topological polar surface area (TPSA) is 88.8 Å². The molecule has 0 aliphatic carbocycles. The number of aryl methyl sites for hydroxylation is 1. The molecule has 0 bridgehead atoms. The van der Waals surface area contributed by atoms with Gasteiger partial charge in [-0.2, -0.15) is 18.3 Å². The van der Waals surface area contributed by atoms with Gasteiger partial charge in [0.1, 0.15) is 0 Å². The maximum absolute atomic E-state index is 14.5. The van der Waals surface area contributed by atoms with Crippen LogP contribution in [0.1, 0.15) is 29.4 Å². The van der Waals surface area contributed by atoms with E-state index in [-0.39, 0.29) is 29.7 Å². The number of anilines is 1. The van der Waals surface area contributed by atoms with Crippen LogP contribution in [0.15, 0.2) is 30.9 Å². The van der Waals surface area contributed by atoms with E-state index in [0.29, 0.717) is 6.20 Å². The molecule has 0 radical (unpaired) electrons. The maximum Gasteiger partial charge on any atom is 0.417 e. The molecule has 1 aliphatic heterocycles. The van der Waals surface area contributed by atoms with Crippen molar-refractivity contribution in [3.63, 3.8) is 0 Å². The molecule has 0 saturated carbocycles. The van der Waals surface area contributed by atoms with Crippen LogP contribution in [0, 0.1) is 17.6 Å². The summed E-state index contributed by atoms with van der Waals surface area (Å²) in [6.07, 6.45) is -1.82. The lowest BCUT2D eigenvalue weighted by atomic mass is 9.88. The van der Waals surface area contributed by atoms with E-state index < -0.39 is 65.9 Å². The first-order chi connectivity index (χ1) is 17.2. The van der Waals surface area contributed by atoms with Gasteiger partial charge in [-0.25, -0.2) is 32.5 Å². The van der Waals surface area contributed by atoms with Crippen molar-refractivity contribution >= 4 is 11.7 Å². The smallest absolute Gasteiger partial charge is 0.366 e. The number of nitrogens with zero attached hydrogens (tertiary/aromatic N) is 6. The summed E-state index contributed by atoms with van der Waals surface area (Å²) >= 11 is 0. The second kappa shape index (κ2) is 9.59. The first-order valence-electron chi connectivity index (χ1n) is 10.9. The van der Waals surface area contributed by atoms with Crippen molar-refractivity contribution in [1.82, 2.24) is 29.6 Å². The standard InChI is InChI=1S/C22H20F7N7O/c1-11-4-21(25,26)10-36(16(11)8-33-19-15(24)3-12(5-30-19)22(27,28)29)20(37)17-14(9-35(2)34-17)18-31-6-13(23)7-32-18/h3,5-7,9,11,16H,4,8,10H2,1-2H3,(H,30,33)/t11-,16?/m1/s1. The van der Waals surface area contributed by atoms with Crippen LogP contribution in [-0.4, -0.2) is 60.6 Å². The molecule has 0 spiro atoms. The van der Waals surface area contributed by atoms with Crippen LogP contribution < -0.4 is 5.32 Å². The Morgan fingerprint density at radius 3 is 2.46 bits per heavy atom. The minimum Gasteiger partial charge on any atom is -0.366 e. The molecule has 1 fully saturated rings. The quantitative estimate of drug-likeness (QED) is 0.498. The summed E-state index contributed by atoms with van der Waals surface area (Å²) in [5.74, 6) is -7.54. The van der Waals surface area contributed by atoms with Crippen molar-refractivity contribution in [2.24, 2.45) is 13.0 Å². The number of halogens is 7. The number of rotatable bonds is 5. The lowest BCUT2D eigenvalue weighted by Gasteiger charge is -2.43. The second-order valence-corrected chi connectivity index (χ2v) is 8.76. The molecule has 3 aromatic heterocycles. The monoisotopic (exact) mass is 531 g/mol. The van der Waals surface area contributed by atoms with Gasteiger partial charge in [0.05, 0.1) is 36.1 Å². The Kier molecular flexibility index (Phi) is 6.81. The van der Waals surface area contributed by atoms with Gasteiger partial charge in [-0.1, -0.05) is 6.92 Å². The molecule has 4 heterocycles. The molecule has 1 N–H and O–H groups in total. The fourth-order valence-corrected chi connectivity index (χ4v) is 4.20. The molecule has 37 heavy (non-hydrogen) atoms. The SMILES string of the molecule is C[C@@H]1CC(F)(F)CN(C(=O)c2nn(C)cc2-c2ncc(F)cn2)C1CNc1ncc(C(F)(F)F)cc1F. The first kappa shape index (κ1) is 26.3. The number of nitrogens with one attached hydrogen (secondary N) is 1. The highest BCUT2D eigenvalue weighted by atomic mass is 19.4. The molecule has 15 heteroatoms. The van der Waals surface area contributed by atoms with Crippen LogP contribution in [-0.2, 0) is 13.2 Å². The Morgan fingerprint density at radius 1 is 1.16 bits per heavy atom. The highest BCUT2D eigenvalue weighted by molar-refractivity contribution is 5.98. The van der Waals surface area contributed by atoms with E-state index in [1.807, 2.05) is 0 Å². The van der Waals surface area contributed by atoms with Crippen LogP contribution in [0.3, 0.4) is 0 Å². The highest BCUT2D eigenvalue weighted by Gasteiger charge is 2.47. The van der Waals surface area contributed by atoms with Gasteiger partial charge in [0.2, 0.25) is 0 Å². The molecule has 2 atom stereocenters.